The van der Waals surface area contributed by atoms with Crippen LogP contribution in [0.5, 0.6) is 0 Å². The van der Waals surface area contributed by atoms with Gasteiger partial charge in [-0.15, -0.1) is 0 Å². The third-order valence-corrected chi connectivity index (χ3v) is 1.32. The Morgan fingerprint density at radius 3 is 2.44 bits per heavy atom. The van der Waals surface area contributed by atoms with Gasteiger partial charge in [-0.05, 0) is 6.92 Å². The third-order valence-electron chi connectivity index (χ3n) is 1.32. The minimum atomic E-state index is -0.0875. The van der Waals surface area contributed by atoms with Crippen LogP contribution in [0.2, 0.25) is 0 Å². The number of hydrogen-bond acceptors (Lipinski definition) is 2. The summed E-state index contributed by atoms with van der Waals surface area (Å²) >= 11 is 0. The highest BCUT2D eigenvalue weighted by molar-refractivity contribution is 5.13. The first kappa shape index (κ1) is 6.10. The van der Waals surface area contributed by atoms with E-state index in [1.807, 2.05) is 0 Å². The second-order valence-corrected chi connectivity index (χ2v) is 1.89. The molecule has 9 heavy (non-hydrogen) atoms. The number of nitrogens with one attached hydrogen (secondary N) is 2. The van der Waals surface area contributed by atoms with Gasteiger partial charge < -0.3 is 10.8 Å². The van der Waals surface area contributed by atoms with Crippen molar-refractivity contribution in [3.63, 3.8) is 0 Å². The molecule has 0 saturated carbocycles. The molecule has 0 bridgehead atoms. The highest BCUT2D eigenvalue weighted by Gasteiger charge is 1.99. The highest BCUT2D eigenvalue weighted by atomic mass is 16.1. The van der Waals surface area contributed by atoms with Crippen molar-refractivity contribution in [2.45, 2.75) is 13.5 Å². The summed E-state index contributed by atoms with van der Waals surface area (Å²) in [5.41, 5.74) is 6.64. The fraction of sp³-hybridized carbons (Fsp3) is 0.400. The van der Waals surface area contributed by atoms with Crippen molar-refractivity contribution in [1.82, 2.24) is 10.2 Å². The summed E-state index contributed by atoms with van der Waals surface area (Å²) in [7, 11) is 0. The van der Waals surface area contributed by atoms with Crippen LogP contribution < -0.4 is 11.3 Å². The molecule has 1 rings (SSSR count). The number of aromatic nitrogens is 2. The molecule has 50 valence electrons. The van der Waals surface area contributed by atoms with Crippen molar-refractivity contribution >= 4 is 0 Å². The van der Waals surface area contributed by atoms with Crippen LogP contribution in [0.4, 0.5) is 0 Å². The number of aromatic amines is 2. The van der Waals surface area contributed by atoms with Crippen LogP contribution in [-0.4, -0.2) is 10.2 Å². The molecule has 0 radical (unpaired) electrons. The monoisotopic (exact) mass is 127 g/mol. The van der Waals surface area contributed by atoms with Gasteiger partial charge in [0, 0.05) is 12.1 Å². The Hall–Kier alpha value is -1.03. The lowest BCUT2D eigenvalue weighted by Gasteiger charge is -1.87. The molecule has 0 atom stereocenters. The largest absolute Gasteiger partial charge is 0.325 e. The lowest BCUT2D eigenvalue weighted by Crippen LogP contribution is -2.03. The van der Waals surface area contributed by atoms with Crippen LogP contribution in [0.25, 0.3) is 0 Å². The molecule has 0 aliphatic rings. The predicted octanol–water partition coefficient (Wildman–Crippen LogP) is -0.530. The van der Waals surface area contributed by atoms with Crippen LogP contribution in [0.15, 0.2) is 4.79 Å². The maximum atomic E-state index is 10.7. The highest BCUT2D eigenvalue weighted by Crippen LogP contribution is 1.92. The van der Waals surface area contributed by atoms with E-state index in [-0.39, 0.29) is 5.56 Å². The molecule has 0 saturated heterocycles. The Bertz CT molecular complexity index is 247. The number of nitrogens with two attached hydrogens (primary N) is 1. The Kier molecular flexibility index (Phi) is 1.40. The fourth-order valence-electron chi connectivity index (χ4n) is 0.661. The molecule has 0 unspecified atom stereocenters. The average molecular weight is 127 g/mol. The van der Waals surface area contributed by atoms with Crippen LogP contribution >= 0.6 is 0 Å². The standard InChI is InChI=1S/C5H9N3O/c1-3-4(2-6)7-8-5(3)9/h2,6H2,1H3,(H2,7,8,9). The van der Waals surface area contributed by atoms with E-state index in [2.05, 4.69) is 10.2 Å². The summed E-state index contributed by atoms with van der Waals surface area (Å²) in [5, 5.41) is 5.09. The summed E-state index contributed by atoms with van der Waals surface area (Å²) in [6.45, 7) is 2.11. The van der Waals surface area contributed by atoms with Gasteiger partial charge in [0.05, 0.1) is 5.69 Å². The minimum absolute atomic E-state index is 0.0875. The Balaban J connectivity index is 3.20. The van der Waals surface area contributed by atoms with Gasteiger partial charge in [-0.2, -0.15) is 0 Å². The zero-order chi connectivity index (χ0) is 6.85. The molecule has 1 heterocycles. The second-order valence-electron chi connectivity index (χ2n) is 1.89. The van der Waals surface area contributed by atoms with Gasteiger partial charge in [0.25, 0.3) is 5.56 Å². The Labute approximate surface area is 52.1 Å². The summed E-state index contributed by atoms with van der Waals surface area (Å²) in [4.78, 5) is 10.7. The molecule has 4 nitrogen and oxygen atoms in total. The molecule has 4 heteroatoms. The average Bonchev–Trinajstić information content (AvgIpc) is 2.15. The molecule has 1 aromatic heterocycles. The third kappa shape index (κ3) is 0.882. The van der Waals surface area contributed by atoms with Gasteiger partial charge in [0.2, 0.25) is 0 Å². The first-order valence-electron chi connectivity index (χ1n) is 2.72. The Morgan fingerprint density at radius 2 is 2.22 bits per heavy atom. The van der Waals surface area contributed by atoms with E-state index in [1.54, 1.807) is 6.92 Å². The van der Waals surface area contributed by atoms with E-state index in [0.717, 1.165) is 5.69 Å². The molecule has 0 spiro atoms. The first-order chi connectivity index (χ1) is 4.25. The number of hydrogen-bond donors (Lipinski definition) is 3. The van der Waals surface area contributed by atoms with Crippen molar-refractivity contribution in [3.8, 4) is 0 Å². The maximum Gasteiger partial charge on any atom is 0.267 e. The molecule has 0 fully saturated rings. The Morgan fingerprint density at radius 1 is 1.56 bits per heavy atom. The maximum absolute atomic E-state index is 10.7. The van der Waals surface area contributed by atoms with E-state index in [1.165, 1.54) is 0 Å². The molecule has 0 aliphatic carbocycles. The molecule has 0 aliphatic heterocycles. The molecule has 0 amide bonds. The SMILES string of the molecule is Cc1c(CN)[nH][nH]c1=O. The topological polar surface area (TPSA) is 74.7 Å². The summed E-state index contributed by atoms with van der Waals surface area (Å²) in [6, 6.07) is 0. The van der Waals surface area contributed by atoms with Gasteiger partial charge in [-0.25, -0.2) is 0 Å². The molecule has 4 N–H and O–H groups in total. The number of H-pyrrole nitrogens is 2. The van der Waals surface area contributed by atoms with E-state index in [4.69, 9.17) is 5.73 Å². The van der Waals surface area contributed by atoms with Gasteiger partial charge in [-0.1, -0.05) is 0 Å². The molecular weight excluding hydrogens is 118 g/mol. The van der Waals surface area contributed by atoms with Gasteiger partial charge in [0.1, 0.15) is 0 Å². The van der Waals surface area contributed by atoms with Gasteiger partial charge in [-0.3, -0.25) is 9.89 Å². The number of rotatable bonds is 1. The lowest BCUT2D eigenvalue weighted by molar-refractivity contribution is 0.936. The predicted molar refractivity (Wildman–Crippen MR) is 34.0 cm³/mol. The van der Waals surface area contributed by atoms with Crippen LogP contribution in [0.3, 0.4) is 0 Å². The van der Waals surface area contributed by atoms with Crippen molar-refractivity contribution in [2.75, 3.05) is 0 Å². The van der Waals surface area contributed by atoms with Crippen molar-refractivity contribution < 1.29 is 0 Å². The van der Waals surface area contributed by atoms with Gasteiger partial charge in [0.15, 0.2) is 0 Å². The minimum Gasteiger partial charge on any atom is -0.325 e. The summed E-state index contributed by atoms with van der Waals surface area (Å²) in [6.07, 6.45) is 0. The molecule has 0 aromatic carbocycles. The van der Waals surface area contributed by atoms with E-state index in [9.17, 15) is 4.79 Å². The smallest absolute Gasteiger partial charge is 0.267 e. The van der Waals surface area contributed by atoms with Crippen LogP contribution in [0, 0.1) is 6.92 Å². The fourth-order valence-corrected chi connectivity index (χ4v) is 0.661. The van der Waals surface area contributed by atoms with Crippen molar-refractivity contribution in [3.05, 3.63) is 21.6 Å². The zero-order valence-electron chi connectivity index (χ0n) is 5.19. The molecule has 1 aromatic rings. The lowest BCUT2D eigenvalue weighted by atomic mass is 10.3. The zero-order valence-corrected chi connectivity index (χ0v) is 5.19. The van der Waals surface area contributed by atoms with E-state index < -0.39 is 0 Å². The van der Waals surface area contributed by atoms with Gasteiger partial charge >= 0.3 is 0 Å². The van der Waals surface area contributed by atoms with E-state index >= 15 is 0 Å². The normalized spacial score (nSPS) is 10.0. The quantitative estimate of drug-likeness (QED) is 0.474. The first-order valence-corrected chi connectivity index (χ1v) is 2.72. The summed E-state index contributed by atoms with van der Waals surface area (Å²) < 4.78 is 0. The van der Waals surface area contributed by atoms with Crippen LogP contribution in [-0.2, 0) is 6.54 Å². The van der Waals surface area contributed by atoms with Crippen molar-refractivity contribution in [2.24, 2.45) is 5.73 Å². The van der Waals surface area contributed by atoms with Crippen LogP contribution in [0.1, 0.15) is 11.3 Å². The summed E-state index contributed by atoms with van der Waals surface area (Å²) in [5.74, 6) is 0. The van der Waals surface area contributed by atoms with E-state index in [0.29, 0.717) is 12.1 Å². The van der Waals surface area contributed by atoms with Crippen molar-refractivity contribution in [1.29, 1.82) is 0 Å². The molecular formula is C5H9N3O. The second kappa shape index (κ2) is 2.06.